The second kappa shape index (κ2) is 17.5. The standard InChI is InChI=1S/C22H43NO7/c1-5-6-7-8-9-10-11-12-13-14-20(25)29-17-19(24)18-30-22(21(26)27)28-16-15-23(2,3)4/h19,22,24H,5-18H2,1-4H3/p+1. The van der Waals surface area contributed by atoms with Gasteiger partial charge in [0.05, 0.1) is 34.4 Å². The monoisotopic (exact) mass is 434 g/mol. The van der Waals surface area contributed by atoms with Crippen LogP contribution in [0.5, 0.6) is 0 Å². The van der Waals surface area contributed by atoms with E-state index in [1.165, 1.54) is 38.5 Å². The number of carboxylic acid groups (broad SMARTS) is 1. The van der Waals surface area contributed by atoms with Crippen molar-refractivity contribution in [2.75, 3.05) is 47.5 Å². The molecule has 178 valence electrons. The Kier molecular flexibility index (Phi) is 16.7. The minimum atomic E-state index is -1.45. The molecule has 0 amide bonds. The second-order valence-electron chi connectivity index (χ2n) is 8.80. The number of esters is 1. The minimum absolute atomic E-state index is 0.213. The van der Waals surface area contributed by atoms with E-state index < -0.39 is 18.4 Å². The van der Waals surface area contributed by atoms with E-state index in [1.807, 2.05) is 21.1 Å². The smallest absolute Gasteiger partial charge is 0.361 e. The Labute approximate surface area is 182 Å². The van der Waals surface area contributed by atoms with Gasteiger partial charge in [-0.1, -0.05) is 58.3 Å². The van der Waals surface area contributed by atoms with Gasteiger partial charge in [0.15, 0.2) is 0 Å². The number of carbonyl (C=O) groups excluding carboxylic acids is 1. The number of ether oxygens (including phenoxy) is 3. The van der Waals surface area contributed by atoms with Crippen molar-refractivity contribution in [3.63, 3.8) is 0 Å². The van der Waals surface area contributed by atoms with Gasteiger partial charge in [0, 0.05) is 6.42 Å². The van der Waals surface area contributed by atoms with E-state index >= 15 is 0 Å². The third-order valence-electron chi connectivity index (χ3n) is 4.59. The lowest BCUT2D eigenvalue weighted by Gasteiger charge is -2.24. The molecule has 0 saturated carbocycles. The first-order valence-corrected chi connectivity index (χ1v) is 11.3. The summed E-state index contributed by atoms with van der Waals surface area (Å²) in [6.45, 7) is 2.53. The molecule has 0 aliphatic carbocycles. The number of unbranched alkanes of at least 4 members (excludes halogenated alkanes) is 8. The van der Waals surface area contributed by atoms with E-state index in [0.717, 1.165) is 19.3 Å². The van der Waals surface area contributed by atoms with Crippen LogP contribution in [0.3, 0.4) is 0 Å². The number of carbonyl (C=O) groups is 2. The summed E-state index contributed by atoms with van der Waals surface area (Å²) in [4.78, 5) is 22.9. The molecule has 8 nitrogen and oxygen atoms in total. The molecule has 0 rings (SSSR count). The summed E-state index contributed by atoms with van der Waals surface area (Å²) in [6.07, 6.45) is 8.31. The Bertz CT molecular complexity index is 451. The summed E-state index contributed by atoms with van der Waals surface area (Å²) >= 11 is 0. The summed E-state index contributed by atoms with van der Waals surface area (Å²) in [6, 6.07) is 0. The molecule has 0 aromatic rings. The summed E-state index contributed by atoms with van der Waals surface area (Å²) in [5, 5.41) is 19.0. The molecule has 0 aromatic heterocycles. The van der Waals surface area contributed by atoms with E-state index in [-0.39, 0.29) is 25.8 Å². The van der Waals surface area contributed by atoms with Crippen molar-refractivity contribution in [2.24, 2.45) is 0 Å². The molecule has 0 aromatic carbocycles. The van der Waals surface area contributed by atoms with Crippen molar-refractivity contribution in [3.05, 3.63) is 0 Å². The average Bonchev–Trinajstić information content (AvgIpc) is 2.66. The van der Waals surface area contributed by atoms with Crippen LogP contribution in [0.15, 0.2) is 0 Å². The van der Waals surface area contributed by atoms with Gasteiger partial charge < -0.3 is 28.9 Å². The number of nitrogens with zero attached hydrogens (tertiary/aromatic N) is 1. The summed E-state index contributed by atoms with van der Waals surface area (Å²) < 4.78 is 16.0. The second-order valence-corrected chi connectivity index (χ2v) is 8.80. The average molecular weight is 435 g/mol. The fraction of sp³-hybridized carbons (Fsp3) is 0.909. The number of aliphatic hydroxyl groups is 1. The Morgan fingerprint density at radius 3 is 1.97 bits per heavy atom. The van der Waals surface area contributed by atoms with Crippen LogP contribution in [0.2, 0.25) is 0 Å². The van der Waals surface area contributed by atoms with Crippen molar-refractivity contribution >= 4 is 11.9 Å². The number of aliphatic hydroxyl groups excluding tert-OH is 1. The van der Waals surface area contributed by atoms with Crippen LogP contribution in [0, 0.1) is 0 Å². The topological polar surface area (TPSA) is 102 Å². The highest BCUT2D eigenvalue weighted by molar-refractivity contribution is 5.70. The van der Waals surface area contributed by atoms with Gasteiger partial charge in [-0.25, -0.2) is 4.79 Å². The molecule has 0 saturated heterocycles. The quantitative estimate of drug-likeness (QED) is 0.131. The number of quaternary nitrogens is 1. The van der Waals surface area contributed by atoms with Crippen LogP contribution in [0.4, 0.5) is 0 Å². The van der Waals surface area contributed by atoms with Gasteiger partial charge in [0.1, 0.15) is 19.3 Å². The fourth-order valence-electron chi connectivity index (χ4n) is 2.71. The predicted molar refractivity (Wildman–Crippen MR) is 115 cm³/mol. The summed E-state index contributed by atoms with van der Waals surface area (Å²) in [5.41, 5.74) is 0. The van der Waals surface area contributed by atoms with Gasteiger partial charge in [-0.3, -0.25) is 4.79 Å². The van der Waals surface area contributed by atoms with Crippen LogP contribution < -0.4 is 0 Å². The fourth-order valence-corrected chi connectivity index (χ4v) is 2.71. The molecule has 0 aliphatic rings. The first-order chi connectivity index (χ1) is 14.2. The zero-order valence-electron chi connectivity index (χ0n) is 19.4. The molecule has 0 radical (unpaired) electrons. The molecule has 2 unspecified atom stereocenters. The number of hydrogen-bond acceptors (Lipinski definition) is 6. The molecule has 0 aliphatic heterocycles. The van der Waals surface area contributed by atoms with Gasteiger partial charge >= 0.3 is 11.9 Å². The van der Waals surface area contributed by atoms with Crippen molar-refractivity contribution < 1.29 is 38.5 Å². The summed E-state index contributed by atoms with van der Waals surface area (Å²) in [7, 11) is 5.90. The van der Waals surface area contributed by atoms with E-state index in [0.29, 0.717) is 17.4 Å². The lowest BCUT2D eigenvalue weighted by atomic mass is 10.1. The lowest BCUT2D eigenvalue weighted by molar-refractivity contribution is -0.870. The first kappa shape index (κ1) is 28.8. The number of likely N-dealkylation sites (N-methyl/N-ethyl adjacent to an activating group) is 1. The molecule has 30 heavy (non-hydrogen) atoms. The zero-order valence-corrected chi connectivity index (χ0v) is 19.4. The molecule has 2 atom stereocenters. The highest BCUT2D eigenvalue weighted by atomic mass is 16.7. The Morgan fingerprint density at radius 2 is 1.43 bits per heavy atom. The van der Waals surface area contributed by atoms with Gasteiger partial charge in [-0.2, -0.15) is 0 Å². The predicted octanol–water partition coefficient (Wildman–Crippen LogP) is 2.96. The van der Waals surface area contributed by atoms with Crippen LogP contribution in [0.1, 0.15) is 71.1 Å². The molecular weight excluding hydrogens is 390 g/mol. The highest BCUT2D eigenvalue weighted by Crippen LogP contribution is 2.11. The van der Waals surface area contributed by atoms with Crippen LogP contribution in [0.25, 0.3) is 0 Å². The van der Waals surface area contributed by atoms with Crippen LogP contribution >= 0.6 is 0 Å². The number of aliphatic carboxylic acids is 1. The molecule has 8 heteroatoms. The van der Waals surface area contributed by atoms with E-state index in [4.69, 9.17) is 19.3 Å². The molecule has 2 N–H and O–H groups in total. The molecule has 0 spiro atoms. The van der Waals surface area contributed by atoms with Crippen molar-refractivity contribution in [3.8, 4) is 0 Å². The Hall–Kier alpha value is -1.22. The lowest BCUT2D eigenvalue weighted by Crippen LogP contribution is -2.40. The first-order valence-electron chi connectivity index (χ1n) is 11.3. The van der Waals surface area contributed by atoms with Gasteiger partial charge in [-0.05, 0) is 6.42 Å². The molecular formula is C22H44NO7+. The van der Waals surface area contributed by atoms with Crippen LogP contribution in [-0.4, -0.2) is 86.5 Å². The van der Waals surface area contributed by atoms with E-state index in [9.17, 15) is 14.7 Å². The van der Waals surface area contributed by atoms with Crippen LogP contribution in [-0.2, 0) is 23.8 Å². The third-order valence-corrected chi connectivity index (χ3v) is 4.59. The van der Waals surface area contributed by atoms with E-state index in [1.54, 1.807) is 0 Å². The molecule has 0 fully saturated rings. The number of carboxylic acids is 1. The van der Waals surface area contributed by atoms with Gasteiger partial charge in [0.2, 0.25) is 0 Å². The SMILES string of the molecule is CCCCCCCCCCCC(=O)OCC(O)COC(OCC[N+](C)(C)C)C(=O)O. The van der Waals surface area contributed by atoms with Gasteiger partial charge in [-0.15, -0.1) is 0 Å². The number of hydrogen-bond donors (Lipinski definition) is 2. The normalized spacial score (nSPS) is 13.8. The number of rotatable bonds is 20. The van der Waals surface area contributed by atoms with Crippen molar-refractivity contribution in [1.29, 1.82) is 0 Å². The zero-order chi connectivity index (χ0) is 22.8. The van der Waals surface area contributed by atoms with Crippen molar-refractivity contribution in [1.82, 2.24) is 0 Å². The maximum atomic E-state index is 11.7. The Morgan fingerprint density at radius 1 is 0.867 bits per heavy atom. The molecule has 0 bridgehead atoms. The van der Waals surface area contributed by atoms with Gasteiger partial charge in [0.25, 0.3) is 6.29 Å². The van der Waals surface area contributed by atoms with E-state index in [2.05, 4.69) is 6.92 Å². The highest BCUT2D eigenvalue weighted by Gasteiger charge is 2.22. The summed E-state index contributed by atoms with van der Waals surface area (Å²) in [5.74, 6) is -1.61. The maximum Gasteiger partial charge on any atom is 0.361 e. The Balaban J connectivity index is 3.78. The van der Waals surface area contributed by atoms with Crippen molar-refractivity contribution in [2.45, 2.75) is 83.5 Å². The third kappa shape index (κ3) is 18.8. The largest absolute Gasteiger partial charge is 0.477 e. The minimum Gasteiger partial charge on any atom is -0.477 e. The molecule has 0 heterocycles. The maximum absolute atomic E-state index is 11.7.